The highest BCUT2D eigenvalue weighted by Gasteiger charge is 2.34. The number of nitriles is 1. The second kappa shape index (κ2) is 6.63. The molecule has 0 aliphatic carbocycles. The van der Waals surface area contributed by atoms with Gasteiger partial charge in [-0.05, 0) is 64.3 Å². The zero-order valence-corrected chi connectivity index (χ0v) is 18.3. The fourth-order valence-corrected chi connectivity index (χ4v) is 5.22. The van der Waals surface area contributed by atoms with Crippen LogP contribution in [0.4, 0.5) is 5.69 Å². The van der Waals surface area contributed by atoms with Gasteiger partial charge in [0.15, 0.2) is 0 Å². The summed E-state index contributed by atoms with van der Waals surface area (Å²) in [4.78, 5) is 0.219. The van der Waals surface area contributed by atoms with Gasteiger partial charge in [0.1, 0.15) is 0 Å². The van der Waals surface area contributed by atoms with Crippen LogP contribution in [0.15, 0.2) is 41.3 Å². The van der Waals surface area contributed by atoms with Crippen LogP contribution in [0.1, 0.15) is 63.8 Å². The van der Waals surface area contributed by atoms with E-state index < -0.39 is 10.0 Å². The smallest absolute Gasteiger partial charge is 0.264 e. The van der Waals surface area contributed by atoms with Gasteiger partial charge in [0.2, 0.25) is 0 Å². The first kappa shape index (κ1) is 20.4. The standard InChI is InChI=1S/C23H28N2O2S/c1-22(2,3)19-13-17-11-12-25(21(17)14-20(19)23(4,5)6)28(26,27)18-9-7-16(15-24)8-10-18/h7-10,13-14H,11-12H2,1-6H3. The van der Waals surface area contributed by atoms with Crippen LogP contribution < -0.4 is 4.31 Å². The molecule has 1 heterocycles. The van der Waals surface area contributed by atoms with Crippen LogP contribution in [0.3, 0.4) is 0 Å². The molecular weight excluding hydrogens is 368 g/mol. The van der Waals surface area contributed by atoms with Gasteiger partial charge in [-0.15, -0.1) is 0 Å². The number of hydrogen-bond acceptors (Lipinski definition) is 3. The lowest BCUT2D eigenvalue weighted by Gasteiger charge is -2.32. The largest absolute Gasteiger partial charge is 0.266 e. The third-order valence-corrected chi connectivity index (χ3v) is 7.09. The van der Waals surface area contributed by atoms with E-state index in [4.69, 9.17) is 5.26 Å². The van der Waals surface area contributed by atoms with Crippen molar-refractivity contribution in [3.8, 4) is 6.07 Å². The lowest BCUT2D eigenvalue weighted by atomic mass is 9.74. The minimum Gasteiger partial charge on any atom is -0.266 e. The van der Waals surface area contributed by atoms with Gasteiger partial charge >= 0.3 is 0 Å². The Bertz CT molecular complexity index is 1050. The zero-order chi connectivity index (χ0) is 20.9. The average molecular weight is 397 g/mol. The molecule has 0 saturated heterocycles. The molecule has 0 radical (unpaired) electrons. The van der Waals surface area contributed by atoms with Gasteiger partial charge in [-0.3, -0.25) is 4.31 Å². The molecule has 28 heavy (non-hydrogen) atoms. The van der Waals surface area contributed by atoms with Crippen LogP contribution in [0, 0.1) is 11.3 Å². The number of sulfonamides is 1. The Kier molecular flexibility index (Phi) is 4.84. The Morgan fingerprint density at radius 2 is 1.46 bits per heavy atom. The molecule has 0 spiro atoms. The van der Waals surface area contributed by atoms with Crippen molar-refractivity contribution in [2.75, 3.05) is 10.8 Å². The van der Waals surface area contributed by atoms with Gasteiger partial charge in [0.05, 0.1) is 22.2 Å². The summed E-state index contributed by atoms with van der Waals surface area (Å²) in [6.45, 7) is 13.5. The van der Waals surface area contributed by atoms with Gasteiger partial charge in [-0.25, -0.2) is 8.42 Å². The molecule has 4 nitrogen and oxygen atoms in total. The maximum Gasteiger partial charge on any atom is 0.264 e. The van der Waals surface area contributed by atoms with Crippen molar-refractivity contribution in [1.82, 2.24) is 0 Å². The highest BCUT2D eigenvalue weighted by molar-refractivity contribution is 7.92. The van der Waals surface area contributed by atoms with E-state index in [2.05, 4.69) is 53.7 Å². The Morgan fingerprint density at radius 3 is 1.96 bits per heavy atom. The number of hydrogen-bond donors (Lipinski definition) is 0. The van der Waals surface area contributed by atoms with E-state index in [9.17, 15) is 8.42 Å². The zero-order valence-electron chi connectivity index (χ0n) is 17.5. The summed E-state index contributed by atoms with van der Waals surface area (Å²) >= 11 is 0. The first-order chi connectivity index (χ1) is 12.9. The minimum absolute atomic E-state index is 0.0168. The monoisotopic (exact) mass is 396 g/mol. The van der Waals surface area contributed by atoms with Crippen LogP contribution in [0.5, 0.6) is 0 Å². The van der Waals surface area contributed by atoms with Crippen LogP contribution >= 0.6 is 0 Å². The average Bonchev–Trinajstić information content (AvgIpc) is 3.03. The van der Waals surface area contributed by atoms with Gasteiger partial charge in [0, 0.05) is 6.54 Å². The number of anilines is 1. The highest BCUT2D eigenvalue weighted by Crippen LogP contribution is 2.42. The predicted octanol–water partition coefficient (Wildman–Crippen LogP) is 4.90. The summed E-state index contributed by atoms with van der Waals surface area (Å²) in [5.41, 5.74) is 4.65. The van der Waals surface area contributed by atoms with Crippen LogP contribution in [0.25, 0.3) is 0 Å². The third-order valence-electron chi connectivity index (χ3n) is 5.26. The number of benzene rings is 2. The van der Waals surface area contributed by atoms with Crippen LogP contribution in [-0.2, 0) is 27.3 Å². The maximum atomic E-state index is 13.3. The molecule has 1 aliphatic heterocycles. The van der Waals surface area contributed by atoms with Crippen molar-refractivity contribution in [3.05, 3.63) is 58.7 Å². The summed E-state index contributed by atoms with van der Waals surface area (Å²) in [6.07, 6.45) is 0.707. The topological polar surface area (TPSA) is 61.2 Å². The normalized spacial score (nSPS) is 14.7. The maximum absolute atomic E-state index is 13.3. The third kappa shape index (κ3) is 3.54. The van der Waals surface area contributed by atoms with E-state index in [0.29, 0.717) is 18.5 Å². The SMILES string of the molecule is CC(C)(C)c1cc2c(cc1C(C)(C)C)N(S(=O)(=O)c1ccc(C#N)cc1)CC2. The molecule has 5 heteroatoms. The van der Waals surface area contributed by atoms with E-state index in [1.807, 2.05) is 6.07 Å². The Hall–Kier alpha value is -2.32. The molecule has 148 valence electrons. The van der Waals surface area contributed by atoms with E-state index in [-0.39, 0.29) is 15.7 Å². The van der Waals surface area contributed by atoms with E-state index in [0.717, 1.165) is 11.3 Å². The molecule has 0 atom stereocenters. The Morgan fingerprint density at radius 1 is 0.929 bits per heavy atom. The minimum atomic E-state index is -3.66. The number of nitrogens with zero attached hydrogens (tertiary/aromatic N) is 2. The van der Waals surface area contributed by atoms with E-state index in [1.54, 1.807) is 12.1 Å². The highest BCUT2D eigenvalue weighted by atomic mass is 32.2. The van der Waals surface area contributed by atoms with Crippen molar-refractivity contribution < 1.29 is 8.42 Å². The summed E-state index contributed by atoms with van der Waals surface area (Å²) in [5.74, 6) is 0. The summed E-state index contributed by atoms with van der Waals surface area (Å²) in [7, 11) is -3.66. The molecule has 0 N–H and O–H groups in total. The first-order valence-electron chi connectivity index (χ1n) is 9.56. The molecule has 0 saturated carbocycles. The van der Waals surface area contributed by atoms with Gasteiger partial charge in [-0.1, -0.05) is 47.6 Å². The second-order valence-corrected chi connectivity index (χ2v) is 11.4. The van der Waals surface area contributed by atoms with Gasteiger partial charge in [0.25, 0.3) is 10.0 Å². The van der Waals surface area contributed by atoms with Gasteiger partial charge in [-0.2, -0.15) is 5.26 Å². The van der Waals surface area contributed by atoms with E-state index >= 15 is 0 Å². The molecule has 2 aromatic rings. The Balaban J connectivity index is 2.14. The second-order valence-electron chi connectivity index (χ2n) is 9.49. The van der Waals surface area contributed by atoms with Gasteiger partial charge < -0.3 is 0 Å². The molecule has 0 bridgehead atoms. The molecular formula is C23H28N2O2S. The first-order valence-corrected chi connectivity index (χ1v) is 11.0. The molecule has 0 amide bonds. The van der Waals surface area contributed by atoms with Crippen LogP contribution in [0.2, 0.25) is 0 Å². The summed E-state index contributed by atoms with van der Waals surface area (Å²) in [6, 6.07) is 12.4. The fraction of sp³-hybridized carbons (Fsp3) is 0.435. The molecule has 2 aromatic carbocycles. The fourth-order valence-electron chi connectivity index (χ4n) is 3.73. The molecule has 0 unspecified atom stereocenters. The summed E-state index contributed by atoms with van der Waals surface area (Å²) in [5, 5.41) is 8.96. The van der Waals surface area contributed by atoms with E-state index in [1.165, 1.54) is 27.6 Å². The predicted molar refractivity (Wildman–Crippen MR) is 113 cm³/mol. The van der Waals surface area contributed by atoms with Crippen molar-refractivity contribution in [3.63, 3.8) is 0 Å². The lowest BCUT2D eigenvalue weighted by molar-refractivity contribution is 0.530. The lowest BCUT2D eigenvalue weighted by Crippen LogP contribution is -2.29. The number of fused-ring (bicyclic) bond motifs is 1. The van der Waals surface area contributed by atoms with Crippen molar-refractivity contribution in [2.24, 2.45) is 0 Å². The Labute approximate surface area is 168 Å². The van der Waals surface area contributed by atoms with Crippen molar-refractivity contribution in [1.29, 1.82) is 5.26 Å². The summed E-state index contributed by atoms with van der Waals surface area (Å²) < 4.78 is 28.1. The van der Waals surface area contributed by atoms with Crippen molar-refractivity contribution >= 4 is 15.7 Å². The quantitative estimate of drug-likeness (QED) is 0.725. The molecule has 1 aliphatic rings. The van der Waals surface area contributed by atoms with Crippen LogP contribution in [-0.4, -0.2) is 15.0 Å². The molecule has 0 aromatic heterocycles. The van der Waals surface area contributed by atoms with Crippen molar-refractivity contribution in [2.45, 2.75) is 63.7 Å². The molecule has 3 rings (SSSR count). The number of rotatable bonds is 2. The molecule has 0 fully saturated rings.